The van der Waals surface area contributed by atoms with Crippen LogP contribution in [0, 0.1) is 0 Å². The molecule has 0 spiro atoms. The molecule has 0 radical (unpaired) electrons. The average Bonchev–Trinajstić information content (AvgIpc) is 2.63. The van der Waals surface area contributed by atoms with Gasteiger partial charge in [0, 0.05) is 22.6 Å². The van der Waals surface area contributed by atoms with E-state index in [4.69, 9.17) is 32.7 Å². The quantitative estimate of drug-likeness (QED) is 0.493. The van der Waals surface area contributed by atoms with Gasteiger partial charge in [0.2, 0.25) is 0 Å². The predicted molar refractivity (Wildman–Crippen MR) is 107 cm³/mol. The van der Waals surface area contributed by atoms with Crippen LogP contribution >= 0.6 is 39.7 Å². The average molecular weight is 477 g/mol. The van der Waals surface area contributed by atoms with Crippen LogP contribution in [0.25, 0.3) is 0 Å². The van der Waals surface area contributed by atoms with Gasteiger partial charge in [0.1, 0.15) is 9.88 Å². The summed E-state index contributed by atoms with van der Waals surface area (Å²) in [5.74, 6) is 0.147. The van der Waals surface area contributed by atoms with Gasteiger partial charge in [-0.1, -0.05) is 39.7 Å². The SMILES string of the molecule is O=S(=O)(Oc1ccc(Cl)cc1C(=S)N1CCOCC1)c1ccc(Br)cc1. The molecule has 2 aromatic rings. The van der Waals surface area contributed by atoms with Crippen LogP contribution in [0.5, 0.6) is 5.75 Å². The van der Waals surface area contributed by atoms with Crippen molar-refractivity contribution in [3.8, 4) is 5.75 Å². The Morgan fingerprint density at radius 3 is 2.46 bits per heavy atom. The first-order valence-corrected chi connectivity index (χ1v) is 10.7. The largest absolute Gasteiger partial charge is 0.378 e. The second kappa shape index (κ2) is 8.22. The number of halogens is 2. The molecule has 0 amide bonds. The predicted octanol–water partition coefficient (Wildman–Crippen LogP) is 3.88. The molecule has 0 unspecified atom stereocenters. The molecule has 2 aromatic carbocycles. The van der Waals surface area contributed by atoms with Crippen LogP contribution in [0.15, 0.2) is 51.8 Å². The van der Waals surface area contributed by atoms with Crippen molar-refractivity contribution < 1.29 is 17.3 Å². The van der Waals surface area contributed by atoms with Gasteiger partial charge in [-0.2, -0.15) is 8.42 Å². The van der Waals surface area contributed by atoms with Crippen molar-refractivity contribution in [3.63, 3.8) is 0 Å². The highest BCUT2D eigenvalue weighted by atomic mass is 79.9. The number of thiocarbonyl (C=S) groups is 1. The van der Waals surface area contributed by atoms with Gasteiger partial charge in [-0.15, -0.1) is 0 Å². The van der Waals surface area contributed by atoms with Crippen molar-refractivity contribution in [1.82, 2.24) is 4.90 Å². The number of nitrogens with zero attached hydrogens (tertiary/aromatic N) is 1. The van der Waals surface area contributed by atoms with E-state index < -0.39 is 10.1 Å². The fraction of sp³-hybridized carbons (Fsp3) is 0.235. The van der Waals surface area contributed by atoms with Gasteiger partial charge in [-0.25, -0.2) is 0 Å². The lowest BCUT2D eigenvalue weighted by atomic mass is 10.2. The van der Waals surface area contributed by atoms with Crippen LogP contribution in [0.4, 0.5) is 0 Å². The number of rotatable bonds is 4. The Kier molecular flexibility index (Phi) is 6.19. The Labute approximate surface area is 171 Å². The number of benzene rings is 2. The minimum absolute atomic E-state index is 0.0545. The highest BCUT2D eigenvalue weighted by Gasteiger charge is 2.23. The van der Waals surface area contributed by atoms with E-state index in [1.807, 2.05) is 4.90 Å². The maximum Gasteiger partial charge on any atom is 0.339 e. The highest BCUT2D eigenvalue weighted by molar-refractivity contribution is 9.10. The lowest BCUT2D eigenvalue weighted by Gasteiger charge is -2.29. The van der Waals surface area contributed by atoms with Crippen molar-refractivity contribution in [2.45, 2.75) is 4.90 Å². The van der Waals surface area contributed by atoms with Crippen molar-refractivity contribution in [1.29, 1.82) is 0 Å². The molecule has 0 aromatic heterocycles. The smallest absolute Gasteiger partial charge is 0.339 e. The molecule has 0 saturated carbocycles. The summed E-state index contributed by atoms with van der Waals surface area (Å²) in [5.41, 5.74) is 0.468. The van der Waals surface area contributed by atoms with Crippen molar-refractivity contribution in [2.24, 2.45) is 0 Å². The van der Waals surface area contributed by atoms with Gasteiger partial charge < -0.3 is 13.8 Å². The lowest BCUT2D eigenvalue weighted by molar-refractivity contribution is 0.0692. The van der Waals surface area contributed by atoms with Gasteiger partial charge >= 0.3 is 10.1 Å². The molecule has 0 N–H and O–H groups in total. The van der Waals surface area contributed by atoms with E-state index in [1.54, 1.807) is 24.3 Å². The lowest BCUT2D eigenvalue weighted by Crippen LogP contribution is -2.40. The van der Waals surface area contributed by atoms with Gasteiger partial charge in [0.05, 0.1) is 18.8 Å². The standard InChI is InChI=1S/C17H15BrClNO4S2/c18-12-1-4-14(5-2-12)26(21,22)24-16-6-3-13(19)11-15(16)17(25)20-7-9-23-10-8-20/h1-6,11H,7-10H2. The molecule has 0 atom stereocenters. The zero-order valence-electron chi connectivity index (χ0n) is 13.5. The molecule has 1 aliphatic heterocycles. The fourth-order valence-electron chi connectivity index (χ4n) is 2.45. The maximum atomic E-state index is 12.6. The molecule has 1 fully saturated rings. The van der Waals surface area contributed by atoms with Crippen LogP contribution in [0.3, 0.4) is 0 Å². The summed E-state index contributed by atoms with van der Waals surface area (Å²) in [7, 11) is -4.00. The molecule has 5 nitrogen and oxygen atoms in total. The minimum Gasteiger partial charge on any atom is -0.378 e. The molecule has 1 aliphatic rings. The van der Waals surface area contributed by atoms with Crippen LogP contribution < -0.4 is 4.18 Å². The van der Waals surface area contributed by atoms with Crippen molar-refractivity contribution >= 4 is 54.9 Å². The topological polar surface area (TPSA) is 55.8 Å². The Balaban J connectivity index is 1.92. The van der Waals surface area contributed by atoms with Crippen LogP contribution in [0.1, 0.15) is 5.56 Å². The second-order valence-electron chi connectivity index (χ2n) is 5.54. The first-order chi connectivity index (χ1) is 12.4. The summed E-state index contributed by atoms with van der Waals surface area (Å²) >= 11 is 14.9. The Hall–Kier alpha value is -1.19. The molecule has 0 aliphatic carbocycles. The summed E-state index contributed by atoms with van der Waals surface area (Å²) < 4.78 is 36.7. The molecule has 9 heteroatoms. The van der Waals surface area contributed by atoms with Gasteiger partial charge in [-0.05, 0) is 42.5 Å². The molecule has 138 valence electrons. The van der Waals surface area contributed by atoms with Crippen LogP contribution in [-0.2, 0) is 14.9 Å². The van der Waals surface area contributed by atoms with Crippen LogP contribution in [-0.4, -0.2) is 44.6 Å². The zero-order valence-corrected chi connectivity index (χ0v) is 17.5. The molecular formula is C17H15BrClNO4S2. The third-order valence-electron chi connectivity index (χ3n) is 3.77. The maximum absolute atomic E-state index is 12.6. The van der Waals surface area contributed by atoms with E-state index in [1.165, 1.54) is 18.2 Å². The Morgan fingerprint density at radius 1 is 1.15 bits per heavy atom. The van der Waals surface area contributed by atoms with Crippen molar-refractivity contribution in [2.75, 3.05) is 26.3 Å². The fourth-order valence-corrected chi connectivity index (χ4v) is 4.17. The van der Waals surface area contributed by atoms with E-state index in [0.717, 1.165) is 4.47 Å². The first-order valence-electron chi connectivity index (χ1n) is 7.73. The van der Waals surface area contributed by atoms with Crippen LogP contribution in [0.2, 0.25) is 5.02 Å². The summed E-state index contributed by atoms with van der Waals surface area (Å²) in [6.07, 6.45) is 0. The van der Waals surface area contributed by atoms with E-state index >= 15 is 0 Å². The number of hydrogen-bond donors (Lipinski definition) is 0. The summed E-state index contributed by atoms with van der Waals surface area (Å²) in [5, 5.41) is 0.448. The first kappa shape index (κ1) is 19.6. The monoisotopic (exact) mass is 475 g/mol. The third kappa shape index (κ3) is 4.55. The second-order valence-corrected chi connectivity index (χ2v) is 8.82. The molecule has 26 heavy (non-hydrogen) atoms. The van der Waals surface area contributed by atoms with E-state index in [-0.39, 0.29) is 10.6 Å². The Bertz CT molecular complexity index is 913. The highest BCUT2D eigenvalue weighted by Crippen LogP contribution is 2.28. The summed E-state index contributed by atoms with van der Waals surface area (Å²) in [6, 6.07) is 10.9. The molecule has 0 bridgehead atoms. The number of morpholine rings is 1. The minimum atomic E-state index is -4.00. The zero-order chi connectivity index (χ0) is 18.7. The van der Waals surface area contributed by atoms with Gasteiger partial charge in [-0.3, -0.25) is 0 Å². The summed E-state index contributed by atoms with van der Waals surface area (Å²) in [6.45, 7) is 2.39. The Morgan fingerprint density at radius 2 is 1.81 bits per heavy atom. The molecule has 3 rings (SSSR count). The van der Waals surface area contributed by atoms with Crippen molar-refractivity contribution in [3.05, 3.63) is 57.5 Å². The van der Waals surface area contributed by atoms with Gasteiger partial charge in [0.15, 0.2) is 5.75 Å². The normalized spacial score (nSPS) is 14.9. The van der Waals surface area contributed by atoms with E-state index in [0.29, 0.717) is 41.9 Å². The van der Waals surface area contributed by atoms with E-state index in [9.17, 15) is 8.42 Å². The molecular weight excluding hydrogens is 462 g/mol. The summed E-state index contributed by atoms with van der Waals surface area (Å²) in [4.78, 5) is 2.49. The van der Waals surface area contributed by atoms with E-state index in [2.05, 4.69) is 15.9 Å². The number of hydrogen-bond acceptors (Lipinski definition) is 5. The molecule has 1 saturated heterocycles. The number of ether oxygens (including phenoxy) is 1. The van der Waals surface area contributed by atoms with Gasteiger partial charge in [0.25, 0.3) is 0 Å². The third-order valence-corrected chi connectivity index (χ3v) is 6.26. The molecule has 1 heterocycles.